The minimum atomic E-state index is 0.675. The van der Waals surface area contributed by atoms with E-state index >= 15 is 0 Å². The molecule has 0 bridgehead atoms. The zero-order valence-corrected chi connectivity index (χ0v) is 14.8. The molecular formula is C24H16N2O. The average molecular weight is 348 g/mol. The predicted molar refractivity (Wildman–Crippen MR) is 107 cm³/mol. The van der Waals surface area contributed by atoms with Gasteiger partial charge in [-0.3, -0.25) is 4.40 Å². The van der Waals surface area contributed by atoms with Gasteiger partial charge in [-0.15, -0.1) is 0 Å². The molecule has 2 aromatic carbocycles. The minimum absolute atomic E-state index is 0.675. The molecule has 0 unspecified atom stereocenters. The zero-order chi connectivity index (χ0) is 18.5. The Morgan fingerprint density at radius 3 is 2.22 bits per heavy atom. The molecule has 3 heteroatoms. The van der Waals surface area contributed by atoms with Gasteiger partial charge in [-0.25, -0.2) is 4.98 Å². The molecule has 0 spiro atoms. The quantitative estimate of drug-likeness (QED) is 0.483. The van der Waals surface area contributed by atoms with Gasteiger partial charge in [-0.2, -0.15) is 0 Å². The average Bonchev–Trinajstić information content (AvgIpc) is 3.10. The van der Waals surface area contributed by atoms with Crippen LogP contribution in [0.5, 0.6) is 5.75 Å². The number of pyridine rings is 1. The van der Waals surface area contributed by atoms with Gasteiger partial charge < -0.3 is 4.74 Å². The standard InChI is InChI=1S/C24H16N2O/c1-27-21-14-10-20(11-15-21)12-16-22-23-9-5-6-18-26(23)24(25-22)17-13-19-7-3-2-4-8-19/h2-11,14-15,18H,1H3. The van der Waals surface area contributed by atoms with E-state index in [9.17, 15) is 0 Å². The normalized spacial score (nSPS) is 9.81. The highest BCUT2D eigenvalue weighted by molar-refractivity contribution is 5.63. The highest BCUT2D eigenvalue weighted by Gasteiger charge is 2.06. The van der Waals surface area contributed by atoms with Gasteiger partial charge in [0, 0.05) is 17.3 Å². The van der Waals surface area contributed by atoms with Crippen LogP contribution >= 0.6 is 0 Å². The Kier molecular flexibility index (Phi) is 4.60. The largest absolute Gasteiger partial charge is 0.497 e. The molecule has 0 radical (unpaired) electrons. The van der Waals surface area contributed by atoms with Gasteiger partial charge in [0.1, 0.15) is 11.4 Å². The number of fused-ring (bicyclic) bond motifs is 1. The fraction of sp³-hybridized carbons (Fsp3) is 0.0417. The summed E-state index contributed by atoms with van der Waals surface area (Å²) in [5, 5.41) is 0. The van der Waals surface area contributed by atoms with Crippen molar-refractivity contribution in [3.63, 3.8) is 0 Å². The number of nitrogens with zero attached hydrogens (tertiary/aromatic N) is 2. The van der Waals surface area contributed by atoms with Gasteiger partial charge in [0.05, 0.1) is 12.6 Å². The second kappa shape index (κ2) is 7.52. The lowest BCUT2D eigenvalue weighted by Crippen LogP contribution is -1.87. The molecule has 0 saturated carbocycles. The number of hydrogen-bond acceptors (Lipinski definition) is 2. The lowest BCUT2D eigenvalue weighted by molar-refractivity contribution is 0.415. The summed E-state index contributed by atoms with van der Waals surface area (Å²) in [6.07, 6.45) is 1.95. The summed E-state index contributed by atoms with van der Waals surface area (Å²) >= 11 is 0. The van der Waals surface area contributed by atoms with E-state index in [0.717, 1.165) is 22.4 Å². The molecule has 3 nitrogen and oxygen atoms in total. The van der Waals surface area contributed by atoms with Gasteiger partial charge >= 0.3 is 0 Å². The molecule has 0 atom stereocenters. The summed E-state index contributed by atoms with van der Waals surface area (Å²) in [6.45, 7) is 0. The second-order valence-corrected chi connectivity index (χ2v) is 5.83. The van der Waals surface area contributed by atoms with Crippen LogP contribution in [0.25, 0.3) is 5.52 Å². The molecular weight excluding hydrogens is 332 g/mol. The molecule has 4 aromatic rings. The maximum absolute atomic E-state index is 5.18. The second-order valence-electron chi connectivity index (χ2n) is 5.83. The molecule has 0 N–H and O–H groups in total. The van der Waals surface area contributed by atoms with E-state index in [0.29, 0.717) is 11.5 Å². The van der Waals surface area contributed by atoms with E-state index < -0.39 is 0 Å². The van der Waals surface area contributed by atoms with Gasteiger partial charge in [0.2, 0.25) is 0 Å². The summed E-state index contributed by atoms with van der Waals surface area (Å²) in [5.74, 6) is 14.1. The number of aromatic nitrogens is 2. The third-order valence-corrected chi connectivity index (χ3v) is 4.06. The smallest absolute Gasteiger partial charge is 0.191 e. The third-order valence-electron chi connectivity index (χ3n) is 4.06. The Morgan fingerprint density at radius 1 is 0.741 bits per heavy atom. The summed E-state index contributed by atoms with van der Waals surface area (Å²) in [7, 11) is 1.65. The highest BCUT2D eigenvalue weighted by Crippen LogP contribution is 2.13. The predicted octanol–water partition coefficient (Wildman–Crippen LogP) is 4.14. The number of imidazole rings is 1. The Labute approximate surface area is 158 Å². The van der Waals surface area contributed by atoms with Crippen LogP contribution in [-0.2, 0) is 0 Å². The zero-order valence-electron chi connectivity index (χ0n) is 14.8. The van der Waals surface area contributed by atoms with Crippen molar-refractivity contribution >= 4 is 5.52 Å². The van der Waals surface area contributed by atoms with Crippen LogP contribution in [0.15, 0.2) is 79.0 Å². The van der Waals surface area contributed by atoms with Crippen molar-refractivity contribution in [2.24, 2.45) is 0 Å². The van der Waals surface area contributed by atoms with Crippen LogP contribution in [0, 0.1) is 23.7 Å². The molecule has 2 aromatic heterocycles. The van der Waals surface area contributed by atoms with E-state index in [1.807, 2.05) is 83.4 Å². The Morgan fingerprint density at radius 2 is 1.44 bits per heavy atom. The van der Waals surface area contributed by atoms with E-state index in [-0.39, 0.29) is 0 Å². The van der Waals surface area contributed by atoms with Crippen molar-refractivity contribution < 1.29 is 4.74 Å². The van der Waals surface area contributed by atoms with E-state index in [2.05, 4.69) is 28.7 Å². The monoisotopic (exact) mass is 348 g/mol. The van der Waals surface area contributed by atoms with Crippen molar-refractivity contribution in [2.45, 2.75) is 0 Å². The molecule has 128 valence electrons. The van der Waals surface area contributed by atoms with Crippen LogP contribution in [0.4, 0.5) is 0 Å². The molecule has 0 aliphatic heterocycles. The van der Waals surface area contributed by atoms with E-state index in [1.165, 1.54) is 0 Å². The summed E-state index contributed by atoms with van der Waals surface area (Å²) in [5.41, 5.74) is 3.51. The summed E-state index contributed by atoms with van der Waals surface area (Å²) < 4.78 is 7.14. The Hall–Kier alpha value is -3.95. The van der Waals surface area contributed by atoms with Crippen LogP contribution in [0.2, 0.25) is 0 Å². The molecule has 0 amide bonds. The SMILES string of the molecule is COc1ccc(C#Cc2nc(C#Cc3ccccc3)n3ccccc23)cc1. The Balaban J connectivity index is 1.72. The van der Waals surface area contributed by atoms with Crippen molar-refractivity contribution in [3.05, 3.63) is 102 Å². The lowest BCUT2D eigenvalue weighted by atomic mass is 10.2. The summed E-state index contributed by atoms with van der Waals surface area (Å²) in [6, 6.07) is 23.5. The van der Waals surface area contributed by atoms with Crippen molar-refractivity contribution in [3.8, 4) is 29.4 Å². The van der Waals surface area contributed by atoms with E-state index in [4.69, 9.17) is 4.74 Å². The molecule has 2 heterocycles. The van der Waals surface area contributed by atoms with Gasteiger partial charge in [-0.1, -0.05) is 36.1 Å². The van der Waals surface area contributed by atoms with E-state index in [1.54, 1.807) is 7.11 Å². The maximum atomic E-state index is 5.18. The first kappa shape index (κ1) is 16.5. The topological polar surface area (TPSA) is 26.5 Å². The molecule has 4 rings (SSSR count). The Bertz CT molecular complexity index is 1200. The first-order valence-electron chi connectivity index (χ1n) is 8.54. The van der Waals surface area contributed by atoms with Crippen LogP contribution in [0.3, 0.4) is 0 Å². The molecule has 0 fully saturated rings. The molecule has 0 aliphatic rings. The van der Waals surface area contributed by atoms with Gasteiger partial charge in [0.25, 0.3) is 0 Å². The van der Waals surface area contributed by atoms with Crippen LogP contribution in [-0.4, -0.2) is 16.5 Å². The number of ether oxygens (including phenoxy) is 1. The third kappa shape index (κ3) is 3.68. The summed E-state index contributed by atoms with van der Waals surface area (Å²) in [4.78, 5) is 4.64. The van der Waals surface area contributed by atoms with Crippen molar-refractivity contribution in [1.82, 2.24) is 9.38 Å². The first-order valence-corrected chi connectivity index (χ1v) is 8.54. The van der Waals surface area contributed by atoms with Crippen molar-refractivity contribution in [1.29, 1.82) is 0 Å². The number of hydrogen-bond donors (Lipinski definition) is 0. The lowest BCUT2D eigenvalue weighted by Gasteiger charge is -1.97. The van der Waals surface area contributed by atoms with Crippen LogP contribution < -0.4 is 4.74 Å². The van der Waals surface area contributed by atoms with Crippen LogP contribution in [0.1, 0.15) is 22.6 Å². The first-order chi connectivity index (χ1) is 13.3. The molecule has 0 aliphatic carbocycles. The van der Waals surface area contributed by atoms with Gasteiger partial charge in [-0.05, 0) is 60.4 Å². The molecule has 0 saturated heterocycles. The maximum Gasteiger partial charge on any atom is 0.191 e. The fourth-order valence-electron chi connectivity index (χ4n) is 2.67. The van der Waals surface area contributed by atoms with Crippen molar-refractivity contribution in [2.75, 3.05) is 7.11 Å². The fourth-order valence-corrected chi connectivity index (χ4v) is 2.67. The molecule has 27 heavy (non-hydrogen) atoms. The number of methoxy groups -OCH3 is 1. The number of rotatable bonds is 1. The number of benzene rings is 2. The van der Waals surface area contributed by atoms with Gasteiger partial charge in [0.15, 0.2) is 5.82 Å². The highest BCUT2D eigenvalue weighted by atomic mass is 16.5. The minimum Gasteiger partial charge on any atom is -0.497 e.